The molecular formula is C18H22FN5O. The van der Waals surface area contributed by atoms with Crippen molar-refractivity contribution in [3.8, 4) is 0 Å². The van der Waals surface area contributed by atoms with Crippen LogP contribution in [0.4, 0.5) is 4.39 Å². The van der Waals surface area contributed by atoms with Gasteiger partial charge in [-0.3, -0.25) is 14.8 Å². The van der Waals surface area contributed by atoms with Crippen molar-refractivity contribution < 1.29 is 9.18 Å². The van der Waals surface area contributed by atoms with Crippen LogP contribution in [0.25, 0.3) is 0 Å². The number of aromatic nitrogens is 1. The summed E-state index contributed by atoms with van der Waals surface area (Å²) in [4.78, 5) is 20.2. The third-order valence-corrected chi connectivity index (χ3v) is 3.40. The molecule has 0 aliphatic carbocycles. The van der Waals surface area contributed by atoms with E-state index >= 15 is 0 Å². The Bertz CT molecular complexity index is 688. The molecule has 0 spiro atoms. The molecule has 0 aliphatic heterocycles. The first-order chi connectivity index (χ1) is 12.2. The van der Waals surface area contributed by atoms with Crippen LogP contribution in [0.5, 0.6) is 0 Å². The number of halogens is 1. The van der Waals surface area contributed by atoms with E-state index in [-0.39, 0.29) is 18.1 Å². The Labute approximate surface area is 146 Å². The van der Waals surface area contributed by atoms with E-state index in [1.807, 2.05) is 18.2 Å². The van der Waals surface area contributed by atoms with Crippen molar-refractivity contribution in [2.45, 2.75) is 13.0 Å². The van der Waals surface area contributed by atoms with Crippen molar-refractivity contribution in [3.63, 3.8) is 0 Å². The number of hydrogen-bond donors (Lipinski definition) is 3. The maximum Gasteiger partial charge on any atom is 0.224 e. The van der Waals surface area contributed by atoms with E-state index in [1.54, 1.807) is 25.4 Å². The third kappa shape index (κ3) is 6.99. The van der Waals surface area contributed by atoms with Gasteiger partial charge in [-0.2, -0.15) is 0 Å². The second kappa shape index (κ2) is 10.0. The molecule has 1 aromatic carbocycles. The molecule has 0 aliphatic rings. The van der Waals surface area contributed by atoms with Gasteiger partial charge in [0, 0.05) is 26.3 Å². The molecule has 1 aromatic heterocycles. The molecule has 132 valence electrons. The number of guanidine groups is 1. The average Bonchev–Trinajstić information content (AvgIpc) is 2.64. The molecule has 3 N–H and O–H groups in total. The van der Waals surface area contributed by atoms with Crippen molar-refractivity contribution in [2.24, 2.45) is 4.99 Å². The van der Waals surface area contributed by atoms with Crippen molar-refractivity contribution in [1.29, 1.82) is 0 Å². The normalized spacial score (nSPS) is 11.0. The van der Waals surface area contributed by atoms with Gasteiger partial charge in [0.15, 0.2) is 5.96 Å². The van der Waals surface area contributed by atoms with Crippen molar-refractivity contribution in [2.75, 3.05) is 20.1 Å². The average molecular weight is 343 g/mol. The standard InChI is InChI=1S/C18H22FN5O/c1-20-18(24-13-16-4-2-3-9-21-16)23-11-10-22-17(25)12-14-5-7-15(19)8-6-14/h2-9H,10-13H2,1H3,(H,22,25)(H2,20,23,24). The smallest absolute Gasteiger partial charge is 0.224 e. The van der Waals surface area contributed by atoms with Gasteiger partial charge in [0.1, 0.15) is 5.82 Å². The minimum atomic E-state index is -0.307. The maximum absolute atomic E-state index is 12.8. The molecule has 0 bridgehead atoms. The van der Waals surface area contributed by atoms with Crippen molar-refractivity contribution in [1.82, 2.24) is 20.9 Å². The molecule has 2 aromatic rings. The van der Waals surface area contributed by atoms with Crippen LogP contribution in [0.2, 0.25) is 0 Å². The summed E-state index contributed by atoms with van der Waals surface area (Å²) >= 11 is 0. The van der Waals surface area contributed by atoms with Gasteiger partial charge >= 0.3 is 0 Å². The molecule has 2 rings (SSSR count). The monoisotopic (exact) mass is 343 g/mol. The van der Waals surface area contributed by atoms with Crippen molar-refractivity contribution >= 4 is 11.9 Å². The highest BCUT2D eigenvalue weighted by Crippen LogP contribution is 2.03. The lowest BCUT2D eigenvalue weighted by Crippen LogP contribution is -2.41. The highest BCUT2D eigenvalue weighted by atomic mass is 19.1. The van der Waals surface area contributed by atoms with E-state index in [9.17, 15) is 9.18 Å². The second-order valence-corrected chi connectivity index (χ2v) is 5.33. The number of hydrogen-bond acceptors (Lipinski definition) is 3. The Balaban J connectivity index is 1.63. The van der Waals surface area contributed by atoms with Crippen molar-refractivity contribution in [3.05, 3.63) is 65.7 Å². The molecular weight excluding hydrogens is 321 g/mol. The number of carbonyl (C=O) groups excluding carboxylic acids is 1. The lowest BCUT2D eigenvalue weighted by atomic mass is 10.1. The topological polar surface area (TPSA) is 78.4 Å². The maximum atomic E-state index is 12.8. The Hall–Kier alpha value is -2.96. The zero-order valence-corrected chi connectivity index (χ0v) is 14.1. The number of amides is 1. The molecule has 0 saturated carbocycles. The summed E-state index contributed by atoms with van der Waals surface area (Å²) < 4.78 is 12.8. The zero-order chi connectivity index (χ0) is 17.9. The zero-order valence-electron chi connectivity index (χ0n) is 14.1. The molecule has 0 unspecified atom stereocenters. The van der Waals surface area contributed by atoms with Crippen LogP contribution in [0.3, 0.4) is 0 Å². The van der Waals surface area contributed by atoms with Crippen LogP contribution in [0, 0.1) is 5.82 Å². The number of aliphatic imine (C=N–C) groups is 1. The number of nitrogens with zero attached hydrogens (tertiary/aromatic N) is 2. The lowest BCUT2D eigenvalue weighted by Gasteiger charge is -2.12. The molecule has 0 atom stereocenters. The number of nitrogens with one attached hydrogen (secondary N) is 3. The lowest BCUT2D eigenvalue weighted by molar-refractivity contribution is -0.120. The summed E-state index contributed by atoms with van der Waals surface area (Å²) in [6.07, 6.45) is 1.97. The fourth-order valence-electron chi connectivity index (χ4n) is 2.13. The summed E-state index contributed by atoms with van der Waals surface area (Å²) in [6, 6.07) is 11.6. The van der Waals surface area contributed by atoms with Gasteiger partial charge < -0.3 is 16.0 Å². The molecule has 0 radical (unpaired) electrons. The van der Waals surface area contributed by atoms with Crippen LogP contribution < -0.4 is 16.0 Å². The Morgan fingerprint density at radius 2 is 1.84 bits per heavy atom. The highest BCUT2D eigenvalue weighted by molar-refractivity contribution is 5.80. The van der Waals surface area contributed by atoms with Crippen LogP contribution in [-0.2, 0) is 17.8 Å². The van der Waals surface area contributed by atoms with E-state index in [0.717, 1.165) is 11.3 Å². The quantitative estimate of drug-likeness (QED) is 0.402. The summed E-state index contributed by atoms with van der Waals surface area (Å²) in [5.41, 5.74) is 1.69. The van der Waals surface area contributed by atoms with E-state index in [1.165, 1.54) is 12.1 Å². The Morgan fingerprint density at radius 1 is 1.08 bits per heavy atom. The first kappa shape index (κ1) is 18.4. The van der Waals surface area contributed by atoms with Gasteiger partial charge in [-0.15, -0.1) is 0 Å². The van der Waals surface area contributed by atoms with E-state index in [2.05, 4.69) is 25.9 Å². The summed E-state index contributed by atoms with van der Waals surface area (Å²) in [5.74, 6) is 0.223. The molecule has 6 nitrogen and oxygen atoms in total. The minimum absolute atomic E-state index is 0.107. The third-order valence-electron chi connectivity index (χ3n) is 3.40. The molecule has 1 heterocycles. The summed E-state index contributed by atoms with van der Waals surface area (Å²) in [6.45, 7) is 1.57. The first-order valence-corrected chi connectivity index (χ1v) is 8.03. The van der Waals surface area contributed by atoms with Gasteiger partial charge in [-0.25, -0.2) is 4.39 Å². The molecule has 1 amide bonds. The van der Waals surface area contributed by atoms with Gasteiger partial charge in [-0.05, 0) is 29.8 Å². The first-order valence-electron chi connectivity index (χ1n) is 8.03. The van der Waals surface area contributed by atoms with Crippen LogP contribution >= 0.6 is 0 Å². The van der Waals surface area contributed by atoms with Gasteiger partial charge in [0.05, 0.1) is 18.7 Å². The molecule has 0 saturated heterocycles. The van der Waals surface area contributed by atoms with Crippen LogP contribution in [-0.4, -0.2) is 37.0 Å². The predicted molar refractivity (Wildman–Crippen MR) is 95.6 cm³/mol. The fourth-order valence-corrected chi connectivity index (χ4v) is 2.13. The minimum Gasteiger partial charge on any atom is -0.355 e. The molecule has 0 fully saturated rings. The number of carbonyl (C=O) groups is 1. The number of pyridine rings is 1. The van der Waals surface area contributed by atoms with E-state index < -0.39 is 0 Å². The molecule has 25 heavy (non-hydrogen) atoms. The fraction of sp³-hybridized carbons (Fsp3) is 0.278. The Kier molecular flexibility index (Phi) is 7.37. The van der Waals surface area contributed by atoms with Gasteiger partial charge in [-0.1, -0.05) is 18.2 Å². The van der Waals surface area contributed by atoms with E-state index in [0.29, 0.717) is 25.6 Å². The summed E-state index contributed by atoms with van der Waals surface area (Å²) in [7, 11) is 1.68. The van der Waals surface area contributed by atoms with Crippen LogP contribution in [0.1, 0.15) is 11.3 Å². The van der Waals surface area contributed by atoms with E-state index in [4.69, 9.17) is 0 Å². The van der Waals surface area contributed by atoms with Gasteiger partial charge in [0.2, 0.25) is 5.91 Å². The SMILES string of the molecule is CN=C(NCCNC(=O)Cc1ccc(F)cc1)NCc1ccccn1. The molecule has 7 heteroatoms. The van der Waals surface area contributed by atoms with Crippen LogP contribution in [0.15, 0.2) is 53.7 Å². The largest absolute Gasteiger partial charge is 0.355 e. The number of rotatable bonds is 7. The Morgan fingerprint density at radius 3 is 2.52 bits per heavy atom. The summed E-state index contributed by atoms with van der Waals surface area (Å²) in [5, 5.41) is 9.07. The highest BCUT2D eigenvalue weighted by Gasteiger charge is 2.03. The van der Waals surface area contributed by atoms with Gasteiger partial charge in [0.25, 0.3) is 0 Å². The second-order valence-electron chi connectivity index (χ2n) is 5.33. The number of benzene rings is 1. The predicted octanol–water partition coefficient (Wildman–Crippen LogP) is 1.24.